The van der Waals surface area contributed by atoms with Crippen LogP contribution in [0.3, 0.4) is 0 Å². The van der Waals surface area contributed by atoms with Gasteiger partial charge >= 0.3 is 0 Å². The topological polar surface area (TPSA) is 41.5 Å². The second-order valence-corrected chi connectivity index (χ2v) is 4.99. The third-order valence-electron chi connectivity index (χ3n) is 2.66. The summed E-state index contributed by atoms with van der Waals surface area (Å²) in [6.45, 7) is 1.96. The zero-order valence-electron chi connectivity index (χ0n) is 10.7. The Kier molecular flexibility index (Phi) is 4.77. The van der Waals surface area contributed by atoms with Crippen molar-refractivity contribution in [2.75, 3.05) is 0 Å². The number of hydrazone groups is 1. The van der Waals surface area contributed by atoms with E-state index in [1.165, 1.54) is 6.21 Å². The number of carbonyl (C=O) groups excluding carboxylic acids is 1. The Morgan fingerprint density at radius 2 is 1.85 bits per heavy atom. The maximum absolute atomic E-state index is 11.8. The van der Waals surface area contributed by atoms with Gasteiger partial charge < -0.3 is 0 Å². The first kappa shape index (κ1) is 14.6. The summed E-state index contributed by atoms with van der Waals surface area (Å²) in [6.07, 6.45) is 1.46. The van der Waals surface area contributed by atoms with Gasteiger partial charge in [0.1, 0.15) is 0 Å². The molecule has 3 nitrogen and oxygen atoms in total. The molecule has 2 aromatic carbocycles. The number of halogens is 2. The van der Waals surface area contributed by atoms with Gasteiger partial charge in [0, 0.05) is 11.1 Å². The molecule has 20 heavy (non-hydrogen) atoms. The van der Waals surface area contributed by atoms with Crippen molar-refractivity contribution < 1.29 is 4.79 Å². The molecule has 2 rings (SSSR count). The monoisotopic (exact) mass is 306 g/mol. The van der Waals surface area contributed by atoms with E-state index in [1.54, 1.807) is 30.3 Å². The highest BCUT2D eigenvalue weighted by molar-refractivity contribution is 6.43. The van der Waals surface area contributed by atoms with E-state index in [4.69, 9.17) is 23.2 Å². The van der Waals surface area contributed by atoms with Gasteiger partial charge in [-0.05, 0) is 25.1 Å². The van der Waals surface area contributed by atoms with E-state index in [1.807, 2.05) is 19.1 Å². The minimum absolute atomic E-state index is 0.278. The smallest absolute Gasteiger partial charge is 0.267 e. The van der Waals surface area contributed by atoms with Crippen molar-refractivity contribution in [3.8, 4) is 0 Å². The molecule has 0 unspecified atom stereocenters. The second-order valence-electron chi connectivity index (χ2n) is 4.21. The summed E-state index contributed by atoms with van der Waals surface area (Å²) in [6, 6.07) is 12.4. The maximum Gasteiger partial charge on any atom is 0.271 e. The van der Waals surface area contributed by atoms with Crippen LogP contribution in [0, 0.1) is 6.92 Å². The molecular formula is C15H12Cl2N2O. The third kappa shape index (κ3) is 3.59. The van der Waals surface area contributed by atoms with Gasteiger partial charge in [0.2, 0.25) is 0 Å². The number of carbonyl (C=O) groups is 1. The molecule has 0 fully saturated rings. The summed E-state index contributed by atoms with van der Waals surface area (Å²) in [5.74, 6) is -0.278. The second kappa shape index (κ2) is 6.55. The van der Waals surface area contributed by atoms with E-state index in [-0.39, 0.29) is 5.91 Å². The van der Waals surface area contributed by atoms with Crippen molar-refractivity contribution in [1.82, 2.24) is 5.43 Å². The summed E-state index contributed by atoms with van der Waals surface area (Å²) in [4.78, 5) is 11.8. The molecular weight excluding hydrogens is 295 g/mol. The van der Waals surface area contributed by atoms with E-state index < -0.39 is 0 Å². The Balaban J connectivity index is 2.04. The van der Waals surface area contributed by atoms with Crippen LogP contribution in [0.25, 0.3) is 0 Å². The van der Waals surface area contributed by atoms with Crippen LogP contribution in [-0.2, 0) is 0 Å². The molecule has 0 saturated carbocycles. The lowest BCUT2D eigenvalue weighted by atomic mass is 10.1. The number of benzene rings is 2. The Labute approximate surface area is 127 Å². The standard InChI is InChI=1S/C15H12Cl2N2O/c1-10-5-7-11(8-6-10)15(20)19-18-9-12-3-2-4-13(16)14(12)17/h2-9H,1H3,(H,19,20)/b18-9+. The number of nitrogens with zero attached hydrogens (tertiary/aromatic N) is 1. The number of aryl methyl sites for hydroxylation is 1. The third-order valence-corrected chi connectivity index (χ3v) is 3.50. The quantitative estimate of drug-likeness (QED) is 0.674. The highest BCUT2D eigenvalue weighted by Crippen LogP contribution is 2.24. The molecule has 0 atom stereocenters. The predicted molar refractivity (Wildman–Crippen MR) is 82.7 cm³/mol. The molecule has 0 aliphatic carbocycles. The Bertz CT molecular complexity index is 651. The minimum Gasteiger partial charge on any atom is -0.267 e. The molecule has 0 saturated heterocycles. The van der Waals surface area contributed by atoms with Crippen molar-refractivity contribution in [1.29, 1.82) is 0 Å². The average molecular weight is 307 g/mol. The van der Waals surface area contributed by atoms with Crippen LogP contribution in [0.2, 0.25) is 10.0 Å². The van der Waals surface area contributed by atoms with Crippen LogP contribution >= 0.6 is 23.2 Å². The van der Waals surface area contributed by atoms with E-state index in [9.17, 15) is 4.79 Å². The van der Waals surface area contributed by atoms with Gasteiger partial charge in [-0.15, -0.1) is 0 Å². The molecule has 0 bridgehead atoms. The Morgan fingerprint density at radius 1 is 1.15 bits per heavy atom. The lowest BCUT2D eigenvalue weighted by molar-refractivity contribution is 0.0955. The highest BCUT2D eigenvalue weighted by atomic mass is 35.5. The van der Waals surface area contributed by atoms with Gasteiger partial charge in [-0.2, -0.15) is 5.10 Å². The summed E-state index contributed by atoms with van der Waals surface area (Å²) < 4.78 is 0. The number of hydrogen-bond donors (Lipinski definition) is 1. The van der Waals surface area contributed by atoms with E-state index in [0.717, 1.165) is 5.56 Å². The molecule has 5 heteroatoms. The summed E-state index contributed by atoms with van der Waals surface area (Å²) in [5, 5.41) is 4.72. The van der Waals surface area contributed by atoms with Crippen molar-refractivity contribution in [2.24, 2.45) is 5.10 Å². The molecule has 0 aliphatic heterocycles. The summed E-state index contributed by atoms with van der Waals surface area (Å²) >= 11 is 11.9. The lowest BCUT2D eigenvalue weighted by Gasteiger charge is -2.01. The highest BCUT2D eigenvalue weighted by Gasteiger charge is 2.04. The van der Waals surface area contributed by atoms with Crippen LogP contribution in [0.1, 0.15) is 21.5 Å². The predicted octanol–water partition coefficient (Wildman–Crippen LogP) is 4.07. The van der Waals surface area contributed by atoms with Crippen molar-refractivity contribution in [2.45, 2.75) is 6.92 Å². The number of amides is 1. The van der Waals surface area contributed by atoms with Crippen LogP contribution in [-0.4, -0.2) is 12.1 Å². The molecule has 1 amide bonds. The van der Waals surface area contributed by atoms with Gasteiger partial charge in [-0.25, -0.2) is 5.43 Å². The van der Waals surface area contributed by atoms with Gasteiger partial charge in [0.05, 0.1) is 16.3 Å². The number of hydrogen-bond acceptors (Lipinski definition) is 2. The molecule has 0 radical (unpaired) electrons. The van der Waals surface area contributed by atoms with Crippen LogP contribution in [0.4, 0.5) is 0 Å². The molecule has 0 aliphatic rings. The Morgan fingerprint density at radius 3 is 2.55 bits per heavy atom. The summed E-state index contributed by atoms with van der Waals surface area (Å²) in [7, 11) is 0. The van der Waals surface area contributed by atoms with Crippen molar-refractivity contribution >= 4 is 35.3 Å². The van der Waals surface area contributed by atoms with Crippen LogP contribution in [0.5, 0.6) is 0 Å². The first-order valence-corrected chi connectivity index (χ1v) is 6.67. The van der Waals surface area contributed by atoms with Crippen LogP contribution < -0.4 is 5.43 Å². The SMILES string of the molecule is Cc1ccc(C(=O)N/N=C/c2cccc(Cl)c2Cl)cc1. The fraction of sp³-hybridized carbons (Fsp3) is 0.0667. The fourth-order valence-corrected chi connectivity index (χ4v) is 1.91. The molecule has 102 valence electrons. The van der Waals surface area contributed by atoms with Crippen molar-refractivity contribution in [3.63, 3.8) is 0 Å². The summed E-state index contributed by atoms with van der Waals surface area (Å²) in [5.41, 5.74) is 4.72. The van der Waals surface area contributed by atoms with E-state index >= 15 is 0 Å². The molecule has 0 aromatic heterocycles. The first-order valence-electron chi connectivity index (χ1n) is 5.92. The molecule has 2 aromatic rings. The zero-order chi connectivity index (χ0) is 14.5. The van der Waals surface area contributed by atoms with Gasteiger partial charge in [-0.3, -0.25) is 4.79 Å². The van der Waals surface area contributed by atoms with Gasteiger partial charge in [0.25, 0.3) is 5.91 Å². The van der Waals surface area contributed by atoms with Crippen molar-refractivity contribution in [3.05, 3.63) is 69.2 Å². The van der Waals surface area contributed by atoms with Gasteiger partial charge in [-0.1, -0.05) is 53.0 Å². The maximum atomic E-state index is 11.8. The van der Waals surface area contributed by atoms with E-state index in [2.05, 4.69) is 10.5 Å². The lowest BCUT2D eigenvalue weighted by Crippen LogP contribution is -2.17. The first-order chi connectivity index (χ1) is 9.58. The van der Waals surface area contributed by atoms with Crippen LogP contribution in [0.15, 0.2) is 47.6 Å². The molecule has 1 N–H and O–H groups in total. The normalized spacial score (nSPS) is 10.8. The largest absolute Gasteiger partial charge is 0.271 e. The number of rotatable bonds is 3. The average Bonchev–Trinajstić information content (AvgIpc) is 2.44. The molecule has 0 heterocycles. The zero-order valence-corrected chi connectivity index (χ0v) is 12.2. The van der Waals surface area contributed by atoms with E-state index in [0.29, 0.717) is 21.2 Å². The minimum atomic E-state index is -0.278. The molecule has 0 spiro atoms. The number of nitrogens with one attached hydrogen (secondary N) is 1. The Hall–Kier alpha value is -1.84. The fourth-order valence-electron chi connectivity index (χ4n) is 1.55. The van der Waals surface area contributed by atoms with Gasteiger partial charge in [0.15, 0.2) is 0 Å².